The molecule has 0 saturated carbocycles. The van der Waals surface area contributed by atoms with Gasteiger partial charge in [0.2, 0.25) is 17.7 Å². The Balaban J connectivity index is 1.95. The van der Waals surface area contributed by atoms with Crippen LogP contribution in [0.3, 0.4) is 0 Å². The Labute approximate surface area is 136 Å². The minimum Gasteiger partial charge on any atom is -0.299 e. The lowest BCUT2D eigenvalue weighted by Crippen LogP contribution is -2.53. The fourth-order valence-corrected chi connectivity index (χ4v) is 3.43. The van der Waals surface area contributed by atoms with E-state index in [2.05, 4.69) is 32.2 Å². The van der Waals surface area contributed by atoms with Gasteiger partial charge in [0.05, 0.1) is 6.42 Å². The predicted molar refractivity (Wildman–Crippen MR) is 87.0 cm³/mol. The molecular weight excluding hydrogens is 292 g/mol. The molecule has 0 bridgehead atoms. The van der Waals surface area contributed by atoms with Crippen molar-refractivity contribution in [2.45, 2.75) is 52.5 Å². The topological polar surface area (TPSA) is 66.5 Å². The number of hydrogen-bond donors (Lipinski definition) is 1. The van der Waals surface area contributed by atoms with Gasteiger partial charge >= 0.3 is 0 Å². The normalized spacial score (nSPS) is 21.4. The summed E-state index contributed by atoms with van der Waals surface area (Å²) in [6.45, 7) is 6.50. The lowest BCUT2D eigenvalue weighted by Gasteiger charge is -2.30. The van der Waals surface area contributed by atoms with Crippen molar-refractivity contribution in [3.05, 3.63) is 29.3 Å². The van der Waals surface area contributed by atoms with Crippen molar-refractivity contribution >= 4 is 23.4 Å². The number of imide groups is 1. The third kappa shape index (κ3) is 3.00. The summed E-state index contributed by atoms with van der Waals surface area (Å²) in [6, 6.07) is 5.32. The molecule has 5 heteroatoms. The van der Waals surface area contributed by atoms with Crippen LogP contribution in [0.1, 0.15) is 44.7 Å². The molecule has 2 aliphatic heterocycles. The van der Waals surface area contributed by atoms with E-state index in [0.717, 1.165) is 23.2 Å². The number of anilines is 1. The van der Waals surface area contributed by atoms with Crippen LogP contribution >= 0.6 is 0 Å². The van der Waals surface area contributed by atoms with Crippen molar-refractivity contribution in [1.29, 1.82) is 0 Å². The number of carbonyl (C=O) groups excluding carboxylic acids is 3. The van der Waals surface area contributed by atoms with Crippen LogP contribution in [0.5, 0.6) is 0 Å². The fourth-order valence-electron chi connectivity index (χ4n) is 3.43. The molecule has 0 radical (unpaired) electrons. The number of nitrogens with zero attached hydrogens (tertiary/aromatic N) is 1. The van der Waals surface area contributed by atoms with Crippen molar-refractivity contribution in [1.82, 2.24) is 5.32 Å². The van der Waals surface area contributed by atoms with Gasteiger partial charge in [-0.05, 0) is 35.4 Å². The van der Waals surface area contributed by atoms with E-state index in [1.165, 1.54) is 0 Å². The summed E-state index contributed by atoms with van der Waals surface area (Å²) in [6.07, 6.45) is 1.88. The maximum absolute atomic E-state index is 12.5. The number of piperidine rings is 1. The summed E-state index contributed by atoms with van der Waals surface area (Å²) in [7, 11) is 0. The molecule has 3 amide bonds. The van der Waals surface area contributed by atoms with Gasteiger partial charge in [-0.25, -0.2) is 0 Å². The van der Waals surface area contributed by atoms with Gasteiger partial charge in [-0.1, -0.05) is 32.9 Å². The summed E-state index contributed by atoms with van der Waals surface area (Å²) in [5.41, 5.74) is 3.14. The highest BCUT2D eigenvalue weighted by atomic mass is 16.2. The number of nitrogens with one attached hydrogen (secondary N) is 1. The molecule has 2 aliphatic rings. The van der Waals surface area contributed by atoms with E-state index >= 15 is 0 Å². The summed E-state index contributed by atoms with van der Waals surface area (Å²) in [5, 5.41) is 2.34. The second-order valence-electron chi connectivity index (χ2n) is 7.56. The molecule has 122 valence electrons. The fraction of sp³-hybridized carbons (Fsp3) is 0.500. The molecule has 0 aromatic heterocycles. The van der Waals surface area contributed by atoms with Gasteiger partial charge in [-0.2, -0.15) is 0 Å². The third-order valence-corrected chi connectivity index (χ3v) is 4.35. The molecule has 2 heterocycles. The Morgan fingerprint density at radius 2 is 1.96 bits per heavy atom. The van der Waals surface area contributed by atoms with Crippen LogP contribution in [-0.4, -0.2) is 23.8 Å². The van der Waals surface area contributed by atoms with Gasteiger partial charge in [0.15, 0.2) is 0 Å². The van der Waals surface area contributed by atoms with Gasteiger partial charge in [0, 0.05) is 12.1 Å². The molecule has 3 rings (SSSR count). The Morgan fingerprint density at radius 1 is 1.22 bits per heavy atom. The van der Waals surface area contributed by atoms with Crippen LogP contribution in [-0.2, 0) is 27.2 Å². The van der Waals surface area contributed by atoms with Gasteiger partial charge in [-0.15, -0.1) is 0 Å². The molecule has 0 aliphatic carbocycles. The first-order valence-corrected chi connectivity index (χ1v) is 8.03. The monoisotopic (exact) mass is 314 g/mol. The number of rotatable bonds is 2. The summed E-state index contributed by atoms with van der Waals surface area (Å²) in [4.78, 5) is 37.6. The molecule has 1 atom stereocenters. The minimum atomic E-state index is -0.577. The average Bonchev–Trinajstić information content (AvgIpc) is 2.75. The smallest absolute Gasteiger partial charge is 0.249 e. The zero-order chi connectivity index (χ0) is 16.8. The van der Waals surface area contributed by atoms with Crippen LogP contribution in [0, 0.1) is 5.41 Å². The zero-order valence-electron chi connectivity index (χ0n) is 13.8. The number of benzene rings is 1. The zero-order valence-corrected chi connectivity index (χ0v) is 13.8. The summed E-state index contributed by atoms with van der Waals surface area (Å²) >= 11 is 0. The second kappa shape index (κ2) is 5.48. The Hall–Kier alpha value is -2.17. The lowest BCUT2D eigenvalue weighted by atomic mass is 9.85. The minimum absolute atomic E-state index is 0.0594. The number of fused-ring (bicyclic) bond motifs is 1. The first-order valence-electron chi connectivity index (χ1n) is 8.03. The lowest BCUT2D eigenvalue weighted by molar-refractivity contribution is -0.135. The highest BCUT2D eigenvalue weighted by Gasteiger charge is 2.40. The first-order chi connectivity index (χ1) is 10.8. The van der Waals surface area contributed by atoms with E-state index < -0.39 is 6.04 Å². The standard InChI is InChI=1S/C18H22N2O3/c1-18(2,3)10-11-5-4-6-13-12(11)9-16(22)20(13)14-7-8-15(21)19-17(14)23/h4-6,14H,7-10H2,1-3H3,(H,19,21,23). The Bertz CT molecular complexity index is 688. The SMILES string of the molecule is CC(C)(C)Cc1cccc2c1CC(=O)N2C1CCC(=O)NC1=O. The molecule has 0 spiro atoms. The Kier molecular flexibility index (Phi) is 3.74. The number of amides is 3. The van der Waals surface area contributed by atoms with E-state index in [4.69, 9.17) is 0 Å². The van der Waals surface area contributed by atoms with Gasteiger partial charge in [0.25, 0.3) is 0 Å². The molecule has 1 unspecified atom stereocenters. The predicted octanol–water partition coefficient (Wildman–Crippen LogP) is 1.97. The van der Waals surface area contributed by atoms with Gasteiger partial charge < -0.3 is 0 Å². The van der Waals surface area contributed by atoms with E-state index in [-0.39, 0.29) is 29.6 Å². The van der Waals surface area contributed by atoms with Crippen LogP contribution in [0.4, 0.5) is 5.69 Å². The largest absolute Gasteiger partial charge is 0.299 e. The third-order valence-electron chi connectivity index (χ3n) is 4.35. The van der Waals surface area contributed by atoms with Crippen molar-refractivity contribution in [2.75, 3.05) is 4.90 Å². The maximum Gasteiger partial charge on any atom is 0.249 e. The molecule has 1 aromatic carbocycles. The Morgan fingerprint density at radius 3 is 2.61 bits per heavy atom. The highest BCUT2D eigenvalue weighted by molar-refractivity contribution is 6.10. The van der Waals surface area contributed by atoms with Crippen molar-refractivity contribution in [2.24, 2.45) is 5.41 Å². The molecular formula is C18H22N2O3. The van der Waals surface area contributed by atoms with Crippen LogP contribution in [0.15, 0.2) is 18.2 Å². The van der Waals surface area contributed by atoms with Crippen LogP contribution in [0.25, 0.3) is 0 Å². The van der Waals surface area contributed by atoms with E-state index in [1.807, 2.05) is 12.1 Å². The van der Waals surface area contributed by atoms with Crippen molar-refractivity contribution in [3.8, 4) is 0 Å². The quantitative estimate of drug-likeness (QED) is 0.849. The molecule has 1 N–H and O–H groups in total. The first kappa shape index (κ1) is 15.7. The molecule has 1 fully saturated rings. The van der Waals surface area contributed by atoms with Crippen LogP contribution < -0.4 is 10.2 Å². The number of hydrogen-bond acceptors (Lipinski definition) is 3. The molecule has 5 nitrogen and oxygen atoms in total. The van der Waals surface area contributed by atoms with Gasteiger partial charge in [-0.3, -0.25) is 24.6 Å². The van der Waals surface area contributed by atoms with Gasteiger partial charge in [0.1, 0.15) is 6.04 Å². The highest BCUT2D eigenvalue weighted by Crippen LogP contribution is 2.36. The molecule has 23 heavy (non-hydrogen) atoms. The van der Waals surface area contributed by atoms with E-state index in [1.54, 1.807) is 4.90 Å². The van der Waals surface area contributed by atoms with E-state index in [0.29, 0.717) is 12.8 Å². The second-order valence-corrected chi connectivity index (χ2v) is 7.56. The van der Waals surface area contributed by atoms with Crippen LogP contribution in [0.2, 0.25) is 0 Å². The van der Waals surface area contributed by atoms with E-state index in [9.17, 15) is 14.4 Å². The van der Waals surface area contributed by atoms with Crippen molar-refractivity contribution in [3.63, 3.8) is 0 Å². The number of carbonyl (C=O) groups is 3. The molecule has 1 saturated heterocycles. The van der Waals surface area contributed by atoms with Crippen molar-refractivity contribution < 1.29 is 14.4 Å². The average molecular weight is 314 g/mol. The maximum atomic E-state index is 12.5. The summed E-state index contributed by atoms with van der Waals surface area (Å²) < 4.78 is 0. The summed E-state index contributed by atoms with van der Waals surface area (Å²) in [5.74, 6) is -0.695. The molecule has 1 aromatic rings.